The number of aliphatic carboxylic acids is 1. The quantitative estimate of drug-likeness (QED) is 0.906. The maximum absolute atomic E-state index is 12.2. The fourth-order valence-corrected chi connectivity index (χ4v) is 2.79. The van der Waals surface area contributed by atoms with E-state index in [9.17, 15) is 9.59 Å². The van der Waals surface area contributed by atoms with Crippen molar-refractivity contribution >= 4 is 11.9 Å². The van der Waals surface area contributed by atoms with Gasteiger partial charge in [-0.15, -0.1) is 0 Å². The van der Waals surface area contributed by atoms with Gasteiger partial charge in [-0.2, -0.15) is 0 Å². The monoisotopic (exact) mass is 289 g/mol. The Hall–Kier alpha value is -1.84. The number of carboxylic acid groups (broad SMARTS) is 1. The molecule has 21 heavy (non-hydrogen) atoms. The van der Waals surface area contributed by atoms with Gasteiger partial charge in [-0.3, -0.25) is 4.79 Å². The Kier molecular flexibility index (Phi) is 4.99. The number of nitrogens with zero attached hydrogens (tertiary/aromatic N) is 1. The van der Waals surface area contributed by atoms with Crippen molar-refractivity contribution in [2.45, 2.75) is 51.5 Å². The summed E-state index contributed by atoms with van der Waals surface area (Å²) in [5, 5.41) is 9.11. The third-order valence-corrected chi connectivity index (χ3v) is 4.13. The lowest BCUT2D eigenvalue weighted by molar-refractivity contribution is -0.148. The number of rotatable bonds is 5. The van der Waals surface area contributed by atoms with Crippen molar-refractivity contribution in [3.05, 3.63) is 35.4 Å². The lowest BCUT2D eigenvalue weighted by Crippen LogP contribution is -2.40. The van der Waals surface area contributed by atoms with Crippen LogP contribution in [0.4, 0.5) is 0 Å². The van der Waals surface area contributed by atoms with Gasteiger partial charge in [0.15, 0.2) is 0 Å². The van der Waals surface area contributed by atoms with Crippen molar-refractivity contribution in [1.82, 2.24) is 4.90 Å². The molecule has 0 radical (unpaired) electrons. The van der Waals surface area contributed by atoms with E-state index in [1.807, 2.05) is 0 Å². The van der Waals surface area contributed by atoms with Crippen LogP contribution in [-0.2, 0) is 16.0 Å². The molecule has 1 atom stereocenters. The second-order valence-corrected chi connectivity index (χ2v) is 5.98. The molecule has 1 saturated heterocycles. The van der Waals surface area contributed by atoms with Crippen LogP contribution < -0.4 is 0 Å². The van der Waals surface area contributed by atoms with Crippen LogP contribution in [0.2, 0.25) is 0 Å². The first-order valence-electron chi connectivity index (χ1n) is 7.60. The van der Waals surface area contributed by atoms with Crippen LogP contribution in [0.15, 0.2) is 24.3 Å². The Morgan fingerprint density at radius 2 is 1.95 bits per heavy atom. The second kappa shape index (κ2) is 6.74. The Labute approximate surface area is 125 Å². The molecule has 4 nitrogen and oxygen atoms in total. The summed E-state index contributed by atoms with van der Waals surface area (Å²) in [6.07, 6.45) is 2.40. The molecule has 1 aromatic rings. The van der Waals surface area contributed by atoms with Crippen molar-refractivity contribution in [3.8, 4) is 0 Å². The first kappa shape index (κ1) is 15.5. The van der Waals surface area contributed by atoms with E-state index in [1.165, 1.54) is 10.5 Å². The number of carboxylic acids is 1. The fourth-order valence-electron chi connectivity index (χ4n) is 2.79. The van der Waals surface area contributed by atoms with E-state index >= 15 is 0 Å². The van der Waals surface area contributed by atoms with Gasteiger partial charge < -0.3 is 10.0 Å². The predicted octanol–water partition coefficient (Wildman–Crippen LogP) is 2.82. The second-order valence-electron chi connectivity index (χ2n) is 5.98. The minimum Gasteiger partial charge on any atom is -0.480 e. The van der Waals surface area contributed by atoms with Gasteiger partial charge in [0.2, 0.25) is 5.91 Å². The summed E-state index contributed by atoms with van der Waals surface area (Å²) in [5.74, 6) is -0.434. The topological polar surface area (TPSA) is 57.6 Å². The summed E-state index contributed by atoms with van der Waals surface area (Å²) < 4.78 is 0. The number of carbonyl (C=O) groups excluding carboxylic acids is 1. The smallest absolute Gasteiger partial charge is 0.326 e. The zero-order chi connectivity index (χ0) is 15.4. The van der Waals surface area contributed by atoms with Crippen molar-refractivity contribution in [3.63, 3.8) is 0 Å². The molecule has 0 aliphatic carbocycles. The SMILES string of the molecule is CC(C)c1ccc(CCC(=O)N2CCC[C@@H]2C(=O)O)cc1. The average molecular weight is 289 g/mol. The Morgan fingerprint density at radius 1 is 1.29 bits per heavy atom. The molecule has 0 bridgehead atoms. The minimum atomic E-state index is -0.887. The Balaban J connectivity index is 1.90. The highest BCUT2D eigenvalue weighted by Gasteiger charge is 2.33. The highest BCUT2D eigenvalue weighted by Crippen LogP contribution is 2.20. The normalized spacial score (nSPS) is 18.2. The zero-order valence-corrected chi connectivity index (χ0v) is 12.7. The van der Waals surface area contributed by atoms with Crippen molar-refractivity contribution in [1.29, 1.82) is 0 Å². The van der Waals surface area contributed by atoms with E-state index in [4.69, 9.17) is 5.11 Å². The van der Waals surface area contributed by atoms with Crippen LogP contribution >= 0.6 is 0 Å². The van der Waals surface area contributed by atoms with Crippen LogP contribution in [0, 0.1) is 0 Å². The fraction of sp³-hybridized carbons (Fsp3) is 0.529. The summed E-state index contributed by atoms with van der Waals surface area (Å²) in [6, 6.07) is 7.68. The third kappa shape index (κ3) is 3.84. The van der Waals surface area contributed by atoms with E-state index in [-0.39, 0.29) is 5.91 Å². The van der Waals surface area contributed by atoms with E-state index in [2.05, 4.69) is 38.1 Å². The van der Waals surface area contributed by atoms with Gasteiger partial charge in [-0.25, -0.2) is 4.79 Å². The number of aryl methyl sites for hydroxylation is 1. The van der Waals surface area contributed by atoms with E-state index < -0.39 is 12.0 Å². The third-order valence-electron chi connectivity index (χ3n) is 4.13. The Bertz CT molecular complexity index is 507. The summed E-state index contributed by atoms with van der Waals surface area (Å²) in [5.41, 5.74) is 2.41. The molecule has 1 aliphatic rings. The first-order chi connectivity index (χ1) is 9.99. The van der Waals surface area contributed by atoms with E-state index in [0.29, 0.717) is 31.7 Å². The van der Waals surface area contributed by atoms with Gasteiger partial charge in [0.25, 0.3) is 0 Å². The van der Waals surface area contributed by atoms with Crippen molar-refractivity contribution in [2.24, 2.45) is 0 Å². The number of benzene rings is 1. The lowest BCUT2D eigenvalue weighted by Gasteiger charge is -2.21. The highest BCUT2D eigenvalue weighted by atomic mass is 16.4. The molecule has 1 aliphatic heterocycles. The lowest BCUT2D eigenvalue weighted by atomic mass is 10.00. The van der Waals surface area contributed by atoms with Gasteiger partial charge in [-0.05, 0) is 36.3 Å². The summed E-state index contributed by atoms with van der Waals surface area (Å²) >= 11 is 0. The molecule has 1 amide bonds. The summed E-state index contributed by atoms with van der Waals surface area (Å²) in [6.45, 7) is 4.87. The number of carbonyl (C=O) groups is 2. The van der Waals surface area contributed by atoms with Gasteiger partial charge in [0.05, 0.1) is 0 Å². The van der Waals surface area contributed by atoms with Crippen molar-refractivity contribution < 1.29 is 14.7 Å². The summed E-state index contributed by atoms with van der Waals surface area (Å²) in [4.78, 5) is 24.8. The standard InChI is InChI=1S/C17H23NO3/c1-12(2)14-8-5-13(6-9-14)7-10-16(19)18-11-3-4-15(18)17(20)21/h5-6,8-9,12,15H,3-4,7,10-11H2,1-2H3,(H,20,21)/t15-/m1/s1. The van der Waals surface area contributed by atoms with Crippen LogP contribution in [0.25, 0.3) is 0 Å². The van der Waals surface area contributed by atoms with Gasteiger partial charge in [0, 0.05) is 13.0 Å². The number of hydrogen-bond donors (Lipinski definition) is 1. The van der Waals surface area contributed by atoms with E-state index in [1.54, 1.807) is 0 Å². The molecular weight excluding hydrogens is 266 g/mol. The van der Waals surface area contributed by atoms with Gasteiger partial charge in [0.1, 0.15) is 6.04 Å². The molecule has 4 heteroatoms. The van der Waals surface area contributed by atoms with Crippen LogP contribution in [0.5, 0.6) is 0 Å². The van der Waals surface area contributed by atoms with Crippen LogP contribution in [0.1, 0.15) is 50.2 Å². The number of likely N-dealkylation sites (tertiary alicyclic amines) is 1. The molecule has 0 aromatic heterocycles. The maximum atomic E-state index is 12.2. The molecule has 2 rings (SSSR count). The largest absolute Gasteiger partial charge is 0.480 e. The van der Waals surface area contributed by atoms with Crippen LogP contribution in [0.3, 0.4) is 0 Å². The van der Waals surface area contributed by atoms with Gasteiger partial charge in [-0.1, -0.05) is 38.1 Å². The molecule has 0 unspecified atom stereocenters. The molecule has 1 heterocycles. The number of amides is 1. The molecule has 1 N–H and O–H groups in total. The average Bonchev–Trinajstić information content (AvgIpc) is 2.95. The van der Waals surface area contributed by atoms with E-state index in [0.717, 1.165) is 12.0 Å². The molecule has 0 spiro atoms. The summed E-state index contributed by atoms with van der Waals surface area (Å²) in [7, 11) is 0. The zero-order valence-electron chi connectivity index (χ0n) is 12.7. The Morgan fingerprint density at radius 3 is 2.52 bits per heavy atom. The molecule has 1 aromatic carbocycles. The van der Waals surface area contributed by atoms with Crippen molar-refractivity contribution in [2.75, 3.05) is 6.54 Å². The predicted molar refractivity (Wildman–Crippen MR) is 81.2 cm³/mol. The highest BCUT2D eigenvalue weighted by molar-refractivity contribution is 5.84. The molecular formula is C17H23NO3. The van der Waals surface area contributed by atoms with Gasteiger partial charge >= 0.3 is 5.97 Å². The number of hydrogen-bond acceptors (Lipinski definition) is 2. The van der Waals surface area contributed by atoms with Crippen LogP contribution in [-0.4, -0.2) is 34.5 Å². The molecule has 114 valence electrons. The molecule has 1 fully saturated rings. The molecule has 0 saturated carbocycles. The minimum absolute atomic E-state index is 0.0483. The maximum Gasteiger partial charge on any atom is 0.326 e. The first-order valence-corrected chi connectivity index (χ1v) is 7.60.